The molecule has 0 spiro atoms. The summed E-state index contributed by atoms with van der Waals surface area (Å²) in [6.07, 6.45) is -4.80. The van der Waals surface area contributed by atoms with E-state index < -0.39 is 12.0 Å². The zero-order chi connectivity index (χ0) is 6.78. The first-order valence-electron chi connectivity index (χ1n) is 1.51. The Morgan fingerprint density at radius 3 is 1.75 bits per heavy atom. The first-order valence-corrected chi connectivity index (χ1v) is 2.76. The number of allylic oxidation sites excluding steroid dienone is 1. The molecule has 0 aliphatic heterocycles. The molecule has 0 aliphatic carbocycles. The summed E-state index contributed by atoms with van der Waals surface area (Å²) in [7, 11) is 0. The van der Waals surface area contributed by atoms with E-state index >= 15 is 0 Å². The first-order chi connectivity index (χ1) is 3.48. The van der Waals surface area contributed by atoms with E-state index in [1.807, 2.05) is 0 Å². The van der Waals surface area contributed by atoms with E-state index in [0.717, 1.165) is 0 Å². The van der Waals surface area contributed by atoms with Crippen molar-refractivity contribution in [2.45, 2.75) is 6.18 Å². The van der Waals surface area contributed by atoms with E-state index in [0.29, 0.717) is 4.08 Å². The van der Waals surface area contributed by atoms with Crippen LogP contribution in [0.2, 0.25) is 0 Å². The second-order valence-corrected chi connectivity index (χ2v) is 1.58. The lowest BCUT2D eigenvalue weighted by Gasteiger charge is -1.98. The Hall–Kier alpha value is 0.190. The van der Waals surface area contributed by atoms with Crippen molar-refractivity contribution in [3.63, 3.8) is 0 Å². The van der Waals surface area contributed by atoms with E-state index in [1.54, 1.807) is 0 Å². The molecule has 0 aromatic heterocycles. The van der Waals surface area contributed by atoms with Crippen LogP contribution in [0.4, 0.5) is 17.6 Å². The Morgan fingerprint density at radius 2 is 1.75 bits per heavy atom. The summed E-state index contributed by atoms with van der Waals surface area (Å²) in [5.41, 5.74) is 0. The molecular formula is C3HF4I. The Bertz CT molecular complexity index is 102. The summed E-state index contributed by atoms with van der Waals surface area (Å²) in [6, 6.07) is 0. The molecule has 0 unspecified atom stereocenters. The molecule has 0 radical (unpaired) electrons. The Balaban J connectivity index is 4.03. The normalized spacial score (nSPS) is 14.4. The maximum atomic E-state index is 11.4. The average Bonchev–Trinajstić information content (AvgIpc) is 1.62. The zero-order valence-electron chi connectivity index (χ0n) is 3.47. The molecule has 0 amide bonds. The second-order valence-electron chi connectivity index (χ2n) is 0.955. The van der Waals surface area contributed by atoms with Gasteiger partial charge in [0.05, 0.1) is 0 Å². The van der Waals surface area contributed by atoms with Crippen molar-refractivity contribution in [3.8, 4) is 0 Å². The highest BCUT2D eigenvalue weighted by atomic mass is 127. The largest absolute Gasteiger partial charge is 0.443 e. The molecule has 0 bridgehead atoms. The molecule has 0 saturated heterocycles. The molecule has 0 nitrogen and oxygen atoms in total. The molecule has 0 N–H and O–H groups in total. The van der Waals surface area contributed by atoms with Crippen LogP contribution in [0, 0.1) is 0 Å². The predicted octanol–water partition coefficient (Wildman–Crippen LogP) is 2.79. The fraction of sp³-hybridized carbons (Fsp3) is 0.333. The number of rotatable bonds is 0. The van der Waals surface area contributed by atoms with Crippen molar-refractivity contribution in [2.24, 2.45) is 0 Å². The maximum absolute atomic E-state index is 11.4. The van der Waals surface area contributed by atoms with Gasteiger partial charge in [0, 0.05) is 4.08 Å². The molecule has 0 saturated carbocycles. The van der Waals surface area contributed by atoms with Gasteiger partial charge in [0.25, 0.3) is 0 Å². The predicted molar refractivity (Wildman–Crippen MR) is 29.3 cm³/mol. The third kappa shape index (κ3) is 2.49. The number of halogens is 5. The van der Waals surface area contributed by atoms with Gasteiger partial charge >= 0.3 is 6.18 Å². The van der Waals surface area contributed by atoms with Gasteiger partial charge in [0.2, 0.25) is 5.83 Å². The molecular weight excluding hydrogens is 239 g/mol. The lowest BCUT2D eigenvalue weighted by atomic mass is 10.6. The third-order valence-electron chi connectivity index (χ3n) is 0.367. The van der Waals surface area contributed by atoms with Crippen LogP contribution in [0.3, 0.4) is 0 Å². The number of hydrogen-bond acceptors (Lipinski definition) is 0. The van der Waals surface area contributed by atoms with Gasteiger partial charge in [-0.15, -0.1) is 0 Å². The van der Waals surface area contributed by atoms with Gasteiger partial charge in [0.1, 0.15) is 0 Å². The summed E-state index contributed by atoms with van der Waals surface area (Å²) in [6.45, 7) is 0. The minimum atomic E-state index is -4.80. The topological polar surface area (TPSA) is 0 Å². The van der Waals surface area contributed by atoms with Crippen LogP contribution >= 0.6 is 22.6 Å². The first kappa shape index (κ1) is 8.19. The van der Waals surface area contributed by atoms with Gasteiger partial charge in [-0.3, -0.25) is 0 Å². The Kier molecular flexibility index (Phi) is 2.72. The van der Waals surface area contributed by atoms with Crippen LogP contribution < -0.4 is 0 Å². The monoisotopic (exact) mass is 240 g/mol. The molecule has 0 heterocycles. The molecule has 0 aliphatic rings. The average molecular weight is 240 g/mol. The van der Waals surface area contributed by atoms with E-state index in [4.69, 9.17) is 0 Å². The molecule has 8 heavy (non-hydrogen) atoms. The van der Waals surface area contributed by atoms with Gasteiger partial charge in [-0.25, -0.2) is 4.39 Å². The highest BCUT2D eigenvalue weighted by molar-refractivity contribution is 14.1. The fourth-order valence-electron chi connectivity index (χ4n) is 0.0619. The van der Waals surface area contributed by atoms with Crippen molar-refractivity contribution >= 4 is 22.6 Å². The third-order valence-corrected chi connectivity index (χ3v) is 0.913. The Morgan fingerprint density at radius 1 is 1.38 bits per heavy atom. The van der Waals surface area contributed by atoms with Gasteiger partial charge in [0.15, 0.2) is 0 Å². The summed E-state index contributed by atoms with van der Waals surface area (Å²) in [5, 5.41) is 0. The van der Waals surface area contributed by atoms with Crippen LogP contribution in [-0.2, 0) is 0 Å². The molecule has 0 rings (SSSR count). The van der Waals surface area contributed by atoms with Gasteiger partial charge in [-0.2, -0.15) is 13.2 Å². The van der Waals surface area contributed by atoms with E-state index in [1.165, 1.54) is 22.6 Å². The Labute approximate surface area is 56.7 Å². The summed E-state index contributed by atoms with van der Waals surface area (Å²) >= 11 is 1.18. The SMILES string of the molecule is FC(=CI)C(F)(F)F. The second kappa shape index (κ2) is 2.65. The van der Waals surface area contributed by atoms with Crippen molar-refractivity contribution in [1.82, 2.24) is 0 Å². The quantitative estimate of drug-likeness (QED) is 0.451. The molecule has 0 aromatic carbocycles. The van der Waals surface area contributed by atoms with E-state index in [9.17, 15) is 17.6 Å². The van der Waals surface area contributed by atoms with Crippen LogP contribution in [-0.4, -0.2) is 6.18 Å². The number of alkyl halides is 3. The van der Waals surface area contributed by atoms with Gasteiger partial charge in [-0.1, -0.05) is 0 Å². The van der Waals surface area contributed by atoms with Gasteiger partial charge in [-0.05, 0) is 22.6 Å². The van der Waals surface area contributed by atoms with Crippen molar-refractivity contribution in [1.29, 1.82) is 0 Å². The summed E-state index contributed by atoms with van der Waals surface area (Å²) in [4.78, 5) is 0. The summed E-state index contributed by atoms with van der Waals surface area (Å²) < 4.78 is 44.7. The lowest BCUT2D eigenvalue weighted by molar-refractivity contribution is -0.108. The standard InChI is InChI=1S/C3HF4I/c4-2(1-8)3(5,6)7/h1H. The van der Waals surface area contributed by atoms with Crippen LogP contribution in [0.5, 0.6) is 0 Å². The van der Waals surface area contributed by atoms with Crippen molar-refractivity contribution in [2.75, 3.05) is 0 Å². The highest BCUT2D eigenvalue weighted by Gasteiger charge is 2.33. The fourth-order valence-corrected chi connectivity index (χ4v) is 0.415. The minimum Gasteiger partial charge on any atom is -0.201 e. The smallest absolute Gasteiger partial charge is 0.201 e. The lowest BCUT2D eigenvalue weighted by Crippen LogP contribution is -2.06. The zero-order valence-corrected chi connectivity index (χ0v) is 5.62. The highest BCUT2D eigenvalue weighted by Crippen LogP contribution is 2.26. The molecule has 48 valence electrons. The molecule has 0 aromatic rings. The van der Waals surface area contributed by atoms with Crippen molar-refractivity contribution < 1.29 is 17.6 Å². The van der Waals surface area contributed by atoms with E-state index in [2.05, 4.69) is 0 Å². The summed E-state index contributed by atoms with van der Waals surface area (Å²) in [5.74, 6) is -2.06. The van der Waals surface area contributed by atoms with Crippen LogP contribution in [0.1, 0.15) is 0 Å². The van der Waals surface area contributed by atoms with Crippen LogP contribution in [0.25, 0.3) is 0 Å². The molecule has 5 heteroatoms. The molecule has 0 fully saturated rings. The minimum absolute atomic E-state index is 0.345. The van der Waals surface area contributed by atoms with Crippen LogP contribution in [0.15, 0.2) is 9.91 Å². The van der Waals surface area contributed by atoms with Gasteiger partial charge < -0.3 is 0 Å². The number of hydrogen-bond donors (Lipinski definition) is 0. The maximum Gasteiger partial charge on any atom is 0.443 e. The van der Waals surface area contributed by atoms with Crippen molar-refractivity contribution in [3.05, 3.63) is 9.91 Å². The van der Waals surface area contributed by atoms with E-state index in [-0.39, 0.29) is 0 Å². The molecule has 0 atom stereocenters.